The third kappa shape index (κ3) is 4.25. The van der Waals surface area contributed by atoms with Crippen molar-refractivity contribution in [3.8, 4) is 5.75 Å². The highest BCUT2D eigenvalue weighted by atomic mass is 35.5. The van der Waals surface area contributed by atoms with E-state index in [-0.39, 0.29) is 18.7 Å². The highest BCUT2D eigenvalue weighted by Gasteiger charge is 2.12. The summed E-state index contributed by atoms with van der Waals surface area (Å²) in [6.07, 6.45) is 0.458. The zero-order chi connectivity index (χ0) is 18.0. The Bertz CT molecular complexity index is 975. The molecule has 3 aromatic rings. The first-order chi connectivity index (χ1) is 11.9. The first-order valence-electron chi connectivity index (χ1n) is 7.34. The van der Waals surface area contributed by atoms with Crippen molar-refractivity contribution in [2.75, 3.05) is 6.61 Å². The van der Waals surface area contributed by atoms with E-state index in [0.717, 1.165) is 0 Å². The van der Waals surface area contributed by atoms with E-state index >= 15 is 0 Å². The van der Waals surface area contributed by atoms with E-state index in [2.05, 4.69) is 4.98 Å². The Hall–Kier alpha value is -1.79. The molecule has 0 aliphatic heterocycles. The van der Waals surface area contributed by atoms with Gasteiger partial charge in [0.15, 0.2) is 0 Å². The molecule has 1 N–H and O–H groups in total. The van der Waals surface area contributed by atoms with Gasteiger partial charge >= 0.3 is 0 Å². The van der Waals surface area contributed by atoms with Crippen LogP contribution in [-0.2, 0) is 6.54 Å². The van der Waals surface area contributed by atoms with Crippen molar-refractivity contribution in [3.05, 3.63) is 68.1 Å². The second kappa shape index (κ2) is 7.62. The standard InChI is InChI=1S/C17H13Cl3N2O3/c18-10-1-3-15-13(5-10)17(24)22(9-21-15)7-12(23)8-25-16-4-2-11(19)6-14(16)20/h1-6,9,12,23H,7-8H2. The van der Waals surface area contributed by atoms with Crippen LogP contribution in [0.15, 0.2) is 47.5 Å². The van der Waals surface area contributed by atoms with Crippen molar-refractivity contribution < 1.29 is 9.84 Å². The van der Waals surface area contributed by atoms with Gasteiger partial charge in [0, 0.05) is 10.0 Å². The highest BCUT2D eigenvalue weighted by Crippen LogP contribution is 2.27. The molecule has 1 heterocycles. The molecular weight excluding hydrogens is 387 g/mol. The highest BCUT2D eigenvalue weighted by molar-refractivity contribution is 6.35. The third-order valence-electron chi connectivity index (χ3n) is 3.52. The van der Waals surface area contributed by atoms with E-state index < -0.39 is 6.10 Å². The molecule has 0 saturated carbocycles. The van der Waals surface area contributed by atoms with Crippen molar-refractivity contribution in [3.63, 3.8) is 0 Å². The van der Waals surface area contributed by atoms with Crippen LogP contribution in [0.2, 0.25) is 15.1 Å². The number of halogens is 3. The number of rotatable bonds is 5. The fourth-order valence-electron chi connectivity index (χ4n) is 2.32. The number of benzene rings is 2. The first kappa shape index (κ1) is 18.0. The summed E-state index contributed by atoms with van der Waals surface area (Å²) in [5, 5.41) is 11.8. The van der Waals surface area contributed by atoms with E-state index in [1.54, 1.807) is 36.4 Å². The molecule has 1 atom stereocenters. The summed E-state index contributed by atoms with van der Waals surface area (Å²) < 4.78 is 6.79. The van der Waals surface area contributed by atoms with E-state index in [9.17, 15) is 9.90 Å². The topological polar surface area (TPSA) is 64.4 Å². The minimum atomic E-state index is -0.928. The van der Waals surface area contributed by atoms with Crippen molar-refractivity contribution in [1.29, 1.82) is 0 Å². The molecule has 1 unspecified atom stereocenters. The van der Waals surface area contributed by atoms with Gasteiger partial charge in [-0.15, -0.1) is 0 Å². The van der Waals surface area contributed by atoms with E-state index in [0.29, 0.717) is 31.7 Å². The van der Waals surface area contributed by atoms with Gasteiger partial charge in [0.2, 0.25) is 0 Å². The maximum Gasteiger partial charge on any atom is 0.261 e. The fourth-order valence-corrected chi connectivity index (χ4v) is 2.95. The van der Waals surface area contributed by atoms with Crippen LogP contribution >= 0.6 is 34.8 Å². The summed E-state index contributed by atoms with van der Waals surface area (Å²) in [4.78, 5) is 16.7. The lowest BCUT2D eigenvalue weighted by molar-refractivity contribution is 0.0915. The lowest BCUT2D eigenvalue weighted by Gasteiger charge is -2.15. The molecule has 2 aromatic carbocycles. The number of aliphatic hydroxyl groups is 1. The number of aliphatic hydroxyl groups excluding tert-OH is 1. The normalized spacial score (nSPS) is 12.3. The van der Waals surface area contributed by atoms with Gasteiger partial charge < -0.3 is 9.84 Å². The lowest BCUT2D eigenvalue weighted by Crippen LogP contribution is -2.30. The predicted octanol–water partition coefficient (Wildman–Crippen LogP) is 3.80. The number of ether oxygens (including phenoxy) is 1. The maximum absolute atomic E-state index is 12.5. The number of hydrogen-bond acceptors (Lipinski definition) is 4. The van der Waals surface area contributed by atoms with Gasteiger partial charge in [0.05, 0.1) is 28.8 Å². The molecular formula is C17H13Cl3N2O3. The van der Waals surface area contributed by atoms with Gasteiger partial charge in [-0.05, 0) is 36.4 Å². The second-order valence-corrected chi connectivity index (χ2v) is 6.68. The van der Waals surface area contributed by atoms with Crippen LogP contribution in [0.4, 0.5) is 0 Å². The molecule has 0 aliphatic carbocycles. The van der Waals surface area contributed by atoms with Gasteiger partial charge in [0.25, 0.3) is 5.56 Å². The molecule has 0 aliphatic rings. The first-order valence-corrected chi connectivity index (χ1v) is 8.48. The van der Waals surface area contributed by atoms with Crippen LogP contribution in [0.5, 0.6) is 5.75 Å². The van der Waals surface area contributed by atoms with Gasteiger partial charge in [-0.25, -0.2) is 4.98 Å². The van der Waals surface area contributed by atoms with Gasteiger partial charge in [-0.2, -0.15) is 0 Å². The Morgan fingerprint density at radius 1 is 1.12 bits per heavy atom. The van der Waals surface area contributed by atoms with Gasteiger partial charge in [0.1, 0.15) is 18.5 Å². The van der Waals surface area contributed by atoms with Crippen LogP contribution in [0, 0.1) is 0 Å². The largest absolute Gasteiger partial charge is 0.489 e. The summed E-state index contributed by atoms with van der Waals surface area (Å²) in [7, 11) is 0. The van der Waals surface area contributed by atoms with Crippen molar-refractivity contribution >= 4 is 45.7 Å². The zero-order valence-corrected chi connectivity index (χ0v) is 15.1. The minimum Gasteiger partial charge on any atom is -0.489 e. The van der Waals surface area contributed by atoms with Gasteiger partial charge in [-0.1, -0.05) is 34.8 Å². The number of nitrogens with zero attached hydrogens (tertiary/aromatic N) is 2. The lowest BCUT2D eigenvalue weighted by atomic mass is 10.2. The van der Waals surface area contributed by atoms with Crippen molar-refractivity contribution in [2.45, 2.75) is 12.6 Å². The summed E-state index contributed by atoms with van der Waals surface area (Å²) in [6, 6.07) is 9.69. The summed E-state index contributed by atoms with van der Waals surface area (Å²) in [5.74, 6) is 0.404. The van der Waals surface area contributed by atoms with Crippen LogP contribution < -0.4 is 10.3 Å². The quantitative estimate of drug-likeness (QED) is 0.709. The Morgan fingerprint density at radius 2 is 1.84 bits per heavy atom. The third-order valence-corrected chi connectivity index (χ3v) is 4.28. The average molecular weight is 400 g/mol. The predicted molar refractivity (Wildman–Crippen MR) is 99.0 cm³/mol. The van der Waals surface area contributed by atoms with E-state index in [1.165, 1.54) is 10.9 Å². The summed E-state index contributed by atoms with van der Waals surface area (Å²) >= 11 is 17.8. The van der Waals surface area contributed by atoms with Crippen LogP contribution in [0.1, 0.15) is 0 Å². The fraction of sp³-hybridized carbons (Fsp3) is 0.176. The molecule has 0 amide bonds. The van der Waals surface area contributed by atoms with Gasteiger partial charge in [-0.3, -0.25) is 9.36 Å². The smallest absolute Gasteiger partial charge is 0.261 e. The molecule has 8 heteroatoms. The molecule has 0 spiro atoms. The molecule has 0 fully saturated rings. The van der Waals surface area contributed by atoms with Crippen molar-refractivity contribution in [2.24, 2.45) is 0 Å². The van der Waals surface area contributed by atoms with Crippen LogP contribution in [0.3, 0.4) is 0 Å². The summed E-state index contributed by atoms with van der Waals surface area (Å²) in [6.45, 7) is -0.0130. The van der Waals surface area contributed by atoms with Crippen LogP contribution in [0.25, 0.3) is 10.9 Å². The van der Waals surface area contributed by atoms with Crippen LogP contribution in [-0.4, -0.2) is 27.4 Å². The maximum atomic E-state index is 12.5. The number of fused-ring (bicyclic) bond motifs is 1. The molecule has 5 nitrogen and oxygen atoms in total. The average Bonchev–Trinajstić information content (AvgIpc) is 2.57. The Kier molecular flexibility index (Phi) is 5.49. The zero-order valence-electron chi connectivity index (χ0n) is 12.8. The molecule has 130 valence electrons. The Morgan fingerprint density at radius 3 is 2.60 bits per heavy atom. The SMILES string of the molecule is O=c1c2cc(Cl)ccc2ncn1CC(O)COc1ccc(Cl)cc1Cl. The number of aromatic nitrogens is 2. The van der Waals surface area contributed by atoms with E-state index in [1.807, 2.05) is 0 Å². The minimum absolute atomic E-state index is 0.0273. The molecule has 0 bridgehead atoms. The molecule has 0 radical (unpaired) electrons. The monoisotopic (exact) mass is 398 g/mol. The number of hydrogen-bond donors (Lipinski definition) is 1. The van der Waals surface area contributed by atoms with Crippen molar-refractivity contribution in [1.82, 2.24) is 9.55 Å². The molecule has 25 heavy (non-hydrogen) atoms. The van der Waals surface area contributed by atoms with E-state index in [4.69, 9.17) is 39.5 Å². The second-order valence-electron chi connectivity index (χ2n) is 5.40. The molecule has 0 saturated heterocycles. The molecule has 1 aromatic heterocycles. The Balaban J connectivity index is 1.72. The summed E-state index contributed by atoms with van der Waals surface area (Å²) in [5.41, 5.74) is 0.264. The Labute approximate surface area is 158 Å². The molecule has 3 rings (SSSR count).